The van der Waals surface area contributed by atoms with E-state index in [-0.39, 0.29) is 33.9 Å². The summed E-state index contributed by atoms with van der Waals surface area (Å²) in [6.07, 6.45) is 13.5. The summed E-state index contributed by atoms with van der Waals surface area (Å²) < 4.78 is 34.5. The minimum Gasteiger partial charge on any atom is -0.378 e. The predicted molar refractivity (Wildman–Crippen MR) is 258 cm³/mol. The molecule has 0 aliphatic rings. The lowest BCUT2D eigenvalue weighted by Gasteiger charge is -2.38. The van der Waals surface area contributed by atoms with Gasteiger partial charge in [0, 0.05) is 0 Å². The fourth-order valence-corrected chi connectivity index (χ4v) is 11.4. The first-order chi connectivity index (χ1) is 27.4. The van der Waals surface area contributed by atoms with E-state index in [1.165, 1.54) is 51.4 Å². The summed E-state index contributed by atoms with van der Waals surface area (Å²) in [5.74, 6) is 4.99. The normalized spacial score (nSPS) is 13.9. The van der Waals surface area contributed by atoms with Crippen LogP contribution in [0.4, 0.5) is 0 Å². The average molecular weight is 839 g/mol. The van der Waals surface area contributed by atoms with Crippen molar-refractivity contribution >= 4 is 0 Å². The van der Waals surface area contributed by atoms with Crippen molar-refractivity contribution in [1.82, 2.24) is 0 Å². The lowest BCUT2D eigenvalue weighted by Crippen LogP contribution is -2.40. The predicted octanol–water partition coefficient (Wildman–Crippen LogP) is 15.8. The zero-order valence-corrected chi connectivity index (χ0v) is 44.0. The van der Waals surface area contributed by atoms with Gasteiger partial charge in [-0.3, -0.25) is 0 Å². The summed E-state index contributed by atoms with van der Waals surface area (Å²) in [4.78, 5) is 0. The van der Waals surface area contributed by atoms with Gasteiger partial charge in [-0.25, -0.2) is 0 Å². The minimum absolute atomic E-state index is 0.165. The quantitative estimate of drug-likeness (QED) is 0.0620. The van der Waals surface area contributed by atoms with E-state index in [0.717, 1.165) is 52.1 Å². The molecule has 0 aliphatic carbocycles. The van der Waals surface area contributed by atoms with Crippen molar-refractivity contribution < 1.29 is 23.7 Å². The van der Waals surface area contributed by atoms with Gasteiger partial charge in [-0.05, 0) is 146 Å². The van der Waals surface area contributed by atoms with Crippen LogP contribution < -0.4 is 0 Å². The molecule has 0 saturated heterocycles. The zero-order chi connectivity index (χ0) is 45.5. The monoisotopic (exact) mass is 839 g/mol. The maximum absolute atomic E-state index is 7.19. The molecule has 0 rings (SSSR count). The van der Waals surface area contributed by atoms with Crippen LogP contribution >= 0.6 is 0 Å². The SMILES string of the molecule is CCC(COCC(COCC(CC)(CC(C)C)CC(C)C)OC(COCC(CC)(CC(C)C)CC(C)C)COCC(CC)(CC(C)C)CC(C)C)(CC(C)C)CC(C)C. The highest BCUT2D eigenvalue weighted by Gasteiger charge is 2.35. The van der Waals surface area contributed by atoms with E-state index in [0.29, 0.717) is 73.8 Å². The molecular weight excluding hydrogens is 729 g/mol. The van der Waals surface area contributed by atoms with Crippen LogP contribution in [-0.2, 0) is 23.7 Å². The third-order valence-electron chi connectivity index (χ3n) is 13.0. The number of hydrogen-bond acceptors (Lipinski definition) is 5. The van der Waals surface area contributed by atoms with Crippen LogP contribution in [0.3, 0.4) is 0 Å². The molecule has 0 fully saturated rings. The van der Waals surface area contributed by atoms with E-state index >= 15 is 0 Å². The van der Waals surface area contributed by atoms with E-state index < -0.39 is 0 Å². The van der Waals surface area contributed by atoms with Crippen LogP contribution in [0.15, 0.2) is 0 Å². The number of ether oxygens (including phenoxy) is 5. The third kappa shape index (κ3) is 25.6. The standard InChI is InChI=1S/C54H110O5/c1-21-51(25-41(5)6,26-42(7)8)37-55-33-49(34-56-38-52(22-2,27-43(9)10)28-44(11)12)59-50(35-57-39-53(23-3,29-45(13)14)30-46(15)16)36-58-40-54(24-4,31-47(17)18)32-48(19)20/h41-50H,21-40H2,1-20H3. The molecule has 0 N–H and O–H groups in total. The molecule has 0 aromatic carbocycles. The van der Waals surface area contributed by atoms with E-state index in [4.69, 9.17) is 23.7 Å². The molecule has 356 valence electrons. The molecule has 0 radical (unpaired) electrons. The molecular formula is C54H110O5. The Balaban J connectivity index is 6.78. The maximum atomic E-state index is 7.19. The first-order valence-corrected chi connectivity index (χ1v) is 25.4. The van der Waals surface area contributed by atoms with Gasteiger partial charge in [-0.15, -0.1) is 0 Å². The molecule has 0 unspecified atom stereocenters. The van der Waals surface area contributed by atoms with Gasteiger partial charge in [0.25, 0.3) is 0 Å². The first-order valence-electron chi connectivity index (χ1n) is 25.4. The highest BCUT2D eigenvalue weighted by atomic mass is 16.6. The molecule has 5 heteroatoms. The van der Waals surface area contributed by atoms with Crippen LogP contribution in [0.5, 0.6) is 0 Å². The molecule has 0 saturated carbocycles. The van der Waals surface area contributed by atoms with Crippen LogP contribution in [0.1, 0.15) is 216 Å². The first kappa shape index (κ1) is 58.8. The Hall–Kier alpha value is -0.200. The van der Waals surface area contributed by atoms with Crippen LogP contribution in [0.25, 0.3) is 0 Å². The van der Waals surface area contributed by atoms with Crippen molar-refractivity contribution in [3.8, 4) is 0 Å². The van der Waals surface area contributed by atoms with Gasteiger partial charge in [-0.2, -0.15) is 0 Å². The Labute approximate surface area is 372 Å². The van der Waals surface area contributed by atoms with Gasteiger partial charge < -0.3 is 23.7 Å². The smallest absolute Gasteiger partial charge is 0.105 e. The second kappa shape index (κ2) is 30.0. The van der Waals surface area contributed by atoms with E-state index in [2.05, 4.69) is 138 Å². The highest BCUT2D eigenvalue weighted by Crippen LogP contribution is 2.41. The molecule has 0 aromatic rings. The summed E-state index contributed by atoms with van der Waals surface area (Å²) in [6.45, 7) is 52.2. The molecule has 0 heterocycles. The van der Waals surface area contributed by atoms with Gasteiger partial charge in [-0.1, -0.05) is 138 Å². The van der Waals surface area contributed by atoms with Gasteiger partial charge in [0.1, 0.15) is 12.2 Å². The largest absolute Gasteiger partial charge is 0.378 e. The summed E-state index contributed by atoms with van der Waals surface area (Å²) in [5.41, 5.74) is 0.658. The average Bonchev–Trinajstić information content (AvgIpc) is 3.08. The maximum Gasteiger partial charge on any atom is 0.105 e. The fraction of sp³-hybridized carbons (Fsp3) is 1.00. The van der Waals surface area contributed by atoms with Gasteiger partial charge >= 0.3 is 0 Å². The van der Waals surface area contributed by atoms with E-state index in [1.54, 1.807) is 0 Å². The van der Waals surface area contributed by atoms with Gasteiger partial charge in [0.05, 0.1) is 52.9 Å². The van der Waals surface area contributed by atoms with Crippen molar-refractivity contribution in [2.45, 2.75) is 228 Å². The van der Waals surface area contributed by atoms with Crippen LogP contribution in [0.2, 0.25) is 0 Å². The summed E-state index contributed by atoms with van der Waals surface area (Å²) in [6, 6.07) is 0. The number of hydrogen-bond donors (Lipinski definition) is 0. The molecule has 0 aromatic heterocycles. The molecule has 5 nitrogen and oxygen atoms in total. The van der Waals surface area contributed by atoms with E-state index in [9.17, 15) is 0 Å². The van der Waals surface area contributed by atoms with Crippen LogP contribution in [0, 0.1) is 69.0 Å². The molecule has 0 bridgehead atoms. The zero-order valence-electron chi connectivity index (χ0n) is 44.0. The molecule has 0 amide bonds. The van der Waals surface area contributed by atoms with Crippen molar-refractivity contribution in [1.29, 1.82) is 0 Å². The Morgan fingerprint density at radius 3 is 0.542 bits per heavy atom. The lowest BCUT2D eigenvalue weighted by atomic mass is 9.73. The Kier molecular flexibility index (Phi) is 29.9. The minimum atomic E-state index is -0.211. The Bertz CT molecular complexity index is 803. The van der Waals surface area contributed by atoms with Crippen molar-refractivity contribution in [2.24, 2.45) is 69.0 Å². The second-order valence-electron chi connectivity index (χ2n) is 23.6. The topological polar surface area (TPSA) is 46.2 Å². The summed E-state index contributed by atoms with van der Waals surface area (Å²) >= 11 is 0. The van der Waals surface area contributed by atoms with Crippen molar-refractivity contribution in [2.75, 3.05) is 52.9 Å². The molecule has 59 heavy (non-hydrogen) atoms. The van der Waals surface area contributed by atoms with Gasteiger partial charge in [0.2, 0.25) is 0 Å². The van der Waals surface area contributed by atoms with Crippen LogP contribution in [-0.4, -0.2) is 65.1 Å². The Morgan fingerprint density at radius 2 is 0.424 bits per heavy atom. The molecule has 0 atom stereocenters. The summed E-state index contributed by atoms with van der Waals surface area (Å²) in [5, 5.41) is 0. The van der Waals surface area contributed by atoms with Crippen molar-refractivity contribution in [3.63, 3.8) is 0 Å². The van der Waals surface area contributed by atoms with E-state index in [1.807, 2.05) is 0 Å². The highest BCUT2D eigenvalue weighted by molar-refractivity contribution is 4.85. The van der Waals surface area contributed by atoms with Crippen molar-refractivity contribution in [3.05, 3.63) is 0 Å². The summed E-state index contributed by atoms with van der Waals surface area (Å²) in [7, 11) is 0. The van der Waals surface area contributed by atoms with Gasteiger partial charge in [0.15, 0.2) is 0 Å². The fourth-order valence-electron chi connectivity index (χ4n) is 11.4. The second-order valence-corrected chi connectivity index (χ2v) is 23.6. The lowest BCUT2D eigenvalue weighted by molar-refractivity contribution is -0.151. The molecule has 0 spiro atoms. The number of rotatable bonds is 38. The third-order valence-corrected chi connectivity index (χ3v) is 13.0. The Morgan fingerprint density at radius 1 is 0.271 bits per heavy atom. The molecule has 0 aliphatic heterocycles.